The Hall–Kier alpha value is -3.23. The average Bonchev–Trinajstić information content (AvgIpc) is 3.27. The molecule has 0 spiro atoms. The summed E-state index contributed by atoms with van der Waals surface area (Å²) in [6.07, 6.45) is 1.44. The van der Waals surface area contributed by atoms with Crippen LogP contribution in [0.1, 0.15) is 24.3 Å². The summed E-state index contributed by atoms with van der Waals surface area (Å²) < 4.78 is 20.9. The van der Waals surface area contributed by atoms with Crippen molar-refractivity contribution >= 4 is 28.4 Å². The number of aryl methyl sites for hydroxylation is 1. The molecule has 0 atom stereocenters. The molecule has 9 heteroatoms. The summed E-state index contributed by atoms with van der Waals surface area (Å²) in [6.45, 7) is 2.07. The zero-order valence-electron chi connectivity index (χ0n) is 16.7. The van der Waals surface area contributed by atoms with Crippen LogP contribution in [0, 0.1) is 12.7 Å². The van der Waals surface area contributed by atoms with Crippen LogP contribution in [0.25, 0.3) is 28.1 Å². The minimum Gasteiger partial charge on any atom is -0.350 e. The molecule has 31 heavy (non-hydrogen) atoms. The van der Waals surface area contributed by atoms with Crippen LogP contribution in [0.15, 0.2) is 47.0 Å². The molecule has 2 aromatic heterocycles. The molecule has 2 aromatic carbocycles. The highest BCUT2D eigenvalue weighted by molar-refractivity contribution is 6.38. The van der Waals surface area contributed by atoms with Gasteiger partial charge < -0.3 is 20.1 Å². The number of hydrogen-bond donors (Lipinski definition) is 2. The van der Waals surface area contributed by atoms with Gasteiger partial charge in [-0.1, -0.05) is 28.9 Å². The summed E-state index contributed by atoms with van der Waals surface area (Å²) in [6, 6.07) is 12.0. The van der Waals surface area contributed by atoms with Gasteiger partial charge in [-0.3, -0.25) is 4.79 Å². The highest BCUT2D eigenvalue weighted by Crippen LogP contribution is 2.39. The molecule has 1 saturated carbocycles. The Kier molecular flexibility index (Phi) is 4.56. The molecule has 3 N–H and O–H groups in total. The van der Waals surface area contributed by atoms with E-state index >= 15 is 0 Å². The number of carbonyl (C=O) groups is 1. The van der Waals surface area contributed by atoms with Crippen molar-refractivity contribution in [2.75, 3.05) is 0 Å². The molecule has 0 bridgehead atoms. The van der Waals surface area contributed by atoms with E-state index in [1.165, 1.54) is 12.1 Å². The van der Waals surface area contributed by atoms with Gasteiger partial charge in [-0.05, 0) is 48.7 Å². The zero-order chi connectivity index (χ0) is 21.8. The predicted molar refractivity (Wildman–Crippen MR) is 114 cm³/mol. The van der Waals surface area contributed by atoms with E-state index in [-0.39, 0.29) is 11.7 Å². The second-order valence-corrected chi connectivity index (χ2v) is 8.18. The maximum absolute atomic E-state index is 13.9. The van der Waals surface area contributed by atoms with Gasteiger partial charge in [0.1, 0.15) is 11.5 Å². The van der Waals surface area contributed by atoms with Crippen molar-refractivity contribution in [1.29, 1.82) is 0 Å². The van der Waals surface area contributed by atoms with Crippen molar-refractivity contribution in [3.63, 3.8) is 0 Å². The van der Waals surface area contributed by atoms with Crippen LogP contribution in [0.3, 0.4) is 0 Å². The summed E-state index contributed by atoms with van der Waals surface area (Å²) >= 11 is 6.62. The first kappa shape index (κ1) is 19.7. The van der Waals surface area contributed by atoms with Crippen molar-refractivity contribution < 1.29 is 13.7 Å². The first-order valence-corrected chi connectivity index (χ1v) is 10.2. The summed E-state index contributed by atoms with van der Waals surface area (Å²) in [5.74, 6) is 0.194. The molecule has 2 heterocycles. The van der Waals surface area contributed by atoms with Gasteiger partial charge in [-0.25, -0.2) is 4.39 Å². The normalized spacial score (nSPS) is 14.7. The highest BCUT2D eigenvalue weighted by Gasteiger charge is 2.45. The number of halogens is 2. The van der Waals surface area contributed by atoms with E-state index in [1.54, 1.807) is 13.0 Å². The van der Waals surface area contributed by atoms with Crippen LogP contribution >= 0.6 is 11.6 Å². The van der Waals surface area contributed by atoms with E-state index in [9.17, 15) is 9.18 Å². The molecule has 7 nitrogen and oxygen atoms in total. The molecule has 0 saturated heterocycles. The third kappa shape index (κ3) is 3.47. The Bertz CT molecular complexity index is 1310. The third-order valence-electron chi connectivity index (χ3n) is 5.50. The highest BCUT2D eigenvalue weighted by atomic mass is 35.5. The topological polar surface area (TPSA) is 99.0 Å². The van der Waals surface area contributed by atoms with Gasteiger partial charge in [0.25, 0.3) is 0 Å². The number of aromatic nitrogens is 3. The lowest BCUT2D eigenvalue weighted by Crippen LogP contribution is -2.42. The van der Waals surface area contributed by atoms with Gasteiger partial charge in [-0.2, -0.15) is 4.98 Å². The zero-order valence-corrected chi connectivity index (χ0v) is 17.4. The fourth-order valence-corrected chi connectivity index (χ4v) is 3.89. The minimum absolute atomic E-state index is 0.128. The van der Waals surface area contributed by atoms with Crippen molar-refractivity contribution in [2.45, 2.75) is 31.8 Å². The average molecular weight is 440 g/mol. The largest absolute Gasteiger partial charge is 0.350 e. The van der Waals surface area contributed by atoms with Crippen LogP contribution in [-0.2, 0) is 11.3 Å². The Labute approximate surface area is 182 Å². The molecule has 1 amide bonds. The van der Waals surface area contributed by atoms with Gasteiger partial charge in [-0.15, -0.1) is 0 Å². The fraction of sp³-hybridized carbons (Fsp3) is 0.227. The van der Waals surface area contributed by atoms with Crippen LogP contribution in [0.2, 0.25) is 5.02 Å². The molecule has 1 aliphatic rings. The molecule has 0 unspecified atom stereocenters. The molecule has 1 fully saturated rings. The van der Waals surface area contributed by atoms with Crippen molar-refractivity contribution in [3.05, 3.63) is 64.8 Å². The summed E-state index contributed by atoms with van der Waals surface area (Å²) in [5, 5.41) is 7.76. The maximum Gasteiger partial charge on any atom is 0.240 e. The SMILES string of the molecule is Cc1nc(-c2c(Cl)c3cc(F)ccc3n2-c2ccc(CNC(=O)C3(N)CC3)cc2)no1. The van der Waals surface area contributed by atoms with Gasteiger partial charge in [0, 0.05) is 24.5 Å². The summed E-state index contributed by atoms with van der Waals surface area (Å²) in [5.41, 5.74) is 8.15. The van der Waals surface area contributed by atoms with Gasteiger partial charge in [0.15, 0.2) is 0 Å². The smallest absolute Gasteiger partial charge is 0.240 e. The number of nitrogens with one attached hydrogen (secondary N) is 1. The summed E-state index contributed by atoms with van der Waals surface area (Å²) in [4.78, 5) is 16.4. The Morgan fingerprint density at radius 1 is 1.29 bits per heavy atom. The van der Waals surface area contributed by atoms with E-state index in [0.29, 0.717) is 39.9 Å². The molecule has 158 valence electrons. The summed E-state index contributed by atoms with van der Waals surface area (Å²) in [7, 11) is 0. The number of fused-ring (bicyclic) bond motifs is 1. The molecule has 1 aliphatic carbocycles. The van der Waals surface area contributed by atoms with Crippen LogP contribution in [-0.4, -0.2) is 26.2 Å². The Morgan fingerprint density at radius 2 is 2.03 bits per heavy atom. The molecule has 4 aromatic rings. The maximum atomic E-state index is 13.9. The van der Waals surface area contributed by atoms with Crippen LogP contribution < -0.4 is 11.1 Å². The number of amides is 1. The van der Waals surface area contributed by atoms with E-state index in [1.807, 2.05) is 28.8 Å². The van der Waals surface area contributed by atoms with E-state index in [0.717, 1.165) is 24.1 Å². The van der Waals surface area contributed by atoms with E-state index < -0.39 is 5.54 Å². The molecular weight excluding hydrogens is 421 g/mol. The molecule has 5 rings (SSSR count). The number of nitrogens with two attached hydrogens (primary N) is 1. The lowest BCUT2D eigenvalue weighted by atomic mass is 10.2. The second-order valence-electron chi connectivity index (χ2n) is 7.80. The molecule has 0 radical (unpaired) electrons. The number of rotatable bonds is 5. The molecular formula is C22H19ClFN5O2. The Balaban J connectivity index is 1.54. The van der Waals surface area contributed by atoms with E-state index in [4.69, 9.17) is 21.9 Å². The monoisotopic (exact) mass is 439 g/mol. The van der Waals surface area contributed by atoms with Gasteiger partial charge >= 0.3 is 0 Å². The number of carbonyl (C=O) groups excluding carboxylic acids is 1. The van der Waals surface area contributed by atoms with Crippen molar-refractivity contribution in [2.24, 2.45) is 5.73 Å². The predicted octanol–water partition coefficient (Wildman–Crippen LogP) is 3.89. The first-order valence-electron chi connectivity index (χ1n) is 9.82. The first-order chi connectivity index (χ1) is 14.9. The third-order valence-corrected chi connectivity index (χ3v) is 5.88. The van der Waals surface area contributed by atoms with E-state index in [2.05, 4.69) is 15.5 Å². The number of benzene rings is 2. The lowest BCUT2D eigenvalue weighted by molar-refractivity contribution is -0.123. The second kappa shape index (κ2) is 7.18. The van der Waals surface area contributed by atoms with Crippen molar-refractivity contribution in [3.8, 4) is 17.2 Å². The van der Waals surface area contributed by atoms with Crippen LogP contribution in [0.4, 0.5) is 4.39 Å². The number of hydrogen-bond acceptors (Lipinski definition) is 5. The van der Waals surface area contributed by atoms with Gasteiger partial charge in [0.05, 0.1) is 16.1 Å². The van der Waals surface area contributed by atoms with Gasteiger partial charge in [0.2, 0.25) is 17.6 Å². The van der Waals surface area contributed by atoms with Crippen molar-refractivity contribution in [1.82, 2.24) is 20.0 Å². The fourth-order valence-electron chi connectivity index (χ4n) is 3.57. The molecule has 0 aliphatic heterocycles. The van der Waals surface area contributed by atoms with Crippen LogP contribution in [0.5, 0.6) is 0 Å². The quantitative estimate of drug-likeness (QED) is 0.491. The standard InChI is InChI=1S/C22H19ClFN5O2/c1-12-27-20(28-31-12)19-18(23)16-10-14(24)4-7-17(16)29(19)15-5-2-13(3-6-15)11-26-21(30)22(25)8-9-22/h2-7,10H,8-9,11,25H2,1H3,(H,26,30). The number of nitrogens with zero attached hydrogens (tertiary/aromatic N) is 3. The lowest BCUT2D eigenvalue weighted by Gasteiger charge is -2.12. The Morgan fingerprint density at radius 3 is 2.68 bits per heavy atom. The minimum atomic E-state index is -0.701.